The van der Waals surface area contributed by atoms with Crippen LogP contribution in [0.25, 0.3) is 0 Å². The molecule has 0 saturated heterocycles. The molecule has 3 atom stereocenters. The van der Waals surface area contributed by atoms with Crippen LogP contribution in [0.5, 0.6) is 0 Å². The maximum atomic E-state index is 11.5. The van der Waals surface area contributed by atoms with Crippen molar-refractivity contribution in [1.29, 1.82) is 0 Å². The highest BCUT2D eigenvalue weighted by atomic mass is 16.4. The summed E-state index contributed by atoms with van der Waals surface area (Å²) < 4.78 is 0. The SMILES string of the molecule is CCC1(C)C(C(=O)O)CC=C2C1CCCC2(C)C. The first-order chi connectivity index (χ1) is 8.33. The predicted octanol–water partition coefficient (Wildman–Crippen LogP) is 4.26. The number of rotatable bonds is 2. The fourth-order valence-electron chi connectivity index (χ4n) is 4.26. The third kappa shape index (κ3) is 1.90. The number of hydrogen-bond acceptors (Lipinski definition) is 1. The van der Waals surface area contributed by atoms with E-state index in [1.54, 1.807) is 0 Å². The first kappa shape index (κ1) is 13.6. The summed E-state index contributed by atoms with van der Waals surface area (Å²) in [6.07, 6.45) is 7.57. The minimum Gasteiger partial charge on any atom is -0.481 e. The summed E-state index contributed by atoms with van der Waals surface area (Å²) in [7, 11) is 0. The maximum Gasteiger partial charge on any atom is 0.307 e. The molecule has 0 spiro atoms. The average molecular weight is 250 g/mol. The van der Waals surface area contributed by atoms with Crippen molar-refractivity contribution in [2.45, 2.75) is 59.8 Å². The highest BCUT2D eigenvalue weighted by molar-refractivity contribution is 5.72. The van der Waals surface area contributed by atoms with E-state index in [1.165, 1.54) is 24.8 Å². The Kier molecular flexibility index (Phi) is 3.33. The highest BCUT2D eigenvalue weighted by Crippen LogP contribution is 2.57. The van der Waals surface area contributed by atoms with Crippen LogP contribution in [-0.2, 0) is 4.79 Å². The van der Waals surface area contributed by atoms with Crippen LogP contribution >= 0.6 is 0 Å². The van der Waals surface area contributed by atoms with Crippen molar-refractivity contribution in [1.82, 2.24) is 0 Å². The summed E-state index contributed by atoms with van der Waals surface area (Å²) >= 11 is 0. The van der Waals surface area contributed by atoms with Gasteiger partial charge in [0.2, 0.25) is 0 Å². The summed E-state index contributed by atoms with van der Waals surface area (Å²) in [6.45, 7) is 9.00. The van der Waals surface area contributed by atoms with E-state index in [4.69, 9.17) is 0 Å². The molecule has 2 rings (SSSR count). The van der Waals surface area contributed by atoms with Crippen LogP contribution in [0.1, 0.15) is 59.8 Å². The number of hydrogen-bond donors (Lipinski definition) is 1. The van der Waals surface area contributed by atoms with E-state index < -0.39 is 5.97 Å². The standard InChI is InChI=1S/C16H26O2/c1-5-16(4)12-7-6-10-15(2,3)11(12)8-9-13(16)14(17)18/h8,12-13H,5-7,9-10H2,1-4H3,(H,17,18). The molecule has 2 aliphatic carbocycles. The Hall–Kier alpha value is -0.790. The zero-order valence-corrected chi connectivity index (χ0v) is 12.1. The summed E-state index contributed by atoms with van der Waals surface area (Å²) in [5.41, 5.74) is 1.74. The monoisotopic (exact) mass is 250 g/mol. The summed E-state index contributed by atoms with van der Waals surface area (Å²) in [4.78, 5) is 11.5. The van der Waals surface area contributed by atoms with Crippen molar-refractivity contribution >= 4 is 5.97 Å². The number of fused-ring (bicyclic) bond motifs is 1. The smallest absolute Gasteiger partial charge is 0.307 e. The largest absolute Gasteiger partial charge is 0.481 e. The molecular formula is C16H26O2. The third-order valence-corrected chi connectivity index (χ3v) is 5.68. The van der Waals surface area contributed by atoms with Gasteiger partial charge in [0.15, 0.2) is 0 Å². The molecule has 0 heterocycles. The van der Waals surface area contributed by atoms with Crippen molar-refractivity contribution < 1.29 is 9.90 Å². The van der Waals surface area contributed by atoms with Crippen LogP contribution in [0.15, 0.2) is 11.6 Å². The van der Waals surface area contributed by atoms with Crippen LogP contribution in [0.2, 0.25) is 0 Å². The number of carboxylic acids is 1. The highest BCUT2D eigenvalue weighted by Gasteiger charge is 2.50. The van der Waals surface area contributed by atoms with Crippen LogP contribution in [0.3, 0.4) is 0 Å². The Morgan fingerprint density at radius 2 is 2.11 bits per heavy atom. The molecule has 0 radical (unpaired) electrons. The zero-order valence-electron chi connectivity index (χ0n) is 12.1. The molecule has 0 aliphatic heterocycles. The molecule has 102 valence electrons. The van der Waals surface area contributed by atoms with Crippen molar-refractivity contribution in [2.24, 2.45) is 22.7 Å². The van der Waals surface area contributed by atoms with Gasteiger partial charge in [-0.25, -0.2) is 0 Å². The Morgan fingerprint density at radius 3 is 2.67 bits per heavy atom. The van der Waals surface area contributed by atoms with Crippen LogP contribution in [-0.4, -0.2) is 11.1 Å². The summed E-state index contributed by atoms with van der Waals surface area (Å²) in [6, 6.07) is 0. The predicted molar refractivity (Wildman–Crippen MR) is 73.3 cm³/mol. The van der Waals surface area contributed by atoms with Gasteiger partial charge in [-0.2, -0.15) is 0 Å². The topological polar surface area (TPSA) is 37.3 Å². The second-order valence-electron chi connectivity index (χ2n) is 6.97. The van der Waals surface area contributed by atoms with Gasteiger partial charge in [0.25, 0.3) is 0 Å². The number of aliphatic carboxylic acids is 1. The lowest BCUT2D eigenvalue weighted by atomic mass is 9.52. The van der Waals surface area contributed by atoms with Gasteiger partial charge in [-0.05, 0) is 42.4 Å². The molecular weight excluding hydrogens is 224 g/mol. The van der Waals surface area contributed by atoms with E-state index in [0.717, 1.165) is 12.8 Å². The molecule has 2 aliphatic rings. The molecule has 0 aromatic heterocycles. The Morgan fingerprint density at radius 1 is 1.44 bits per heavy atom. The van der Waals surface area contributed by atoms with Gasteiger partial charge < -0.3 is 5.11 Å². The van der Waals surface area contributed by atoms with E-state index >= 15 is 0 Å². The summed E-state index contributed by atoms with van der Waals surface area (Å²) in [5.74, 6) is -0.343. The van der Waals surface area contributed by atoms with Crippen molar-refractivity contribution in [3.63, 3.8) is 0 Å². The van der Waals surface area contributed by atoms with Gasteiger partial charge in [0, 0.05) is 0 Å². The molecule has 3 unspecified atom stereocenters. The van der Waals surface area contributed by atoms with Crippen molar-refractivity contribution in [3.05, 3.63) is 11.6 Å². The lowest BCUT2D eigenvalue weighted by molar-refractivity contribution is -0.149. The zero-order chi connectivity index (χ0) is 13.6. The lowest BCUT2D eigenvalue weighted by Gasteiger charge is -2.52. The van der Waals surface area contributed by atoms with Gasteiger partial charge >= 0.3 is 5.97 Å². The second-order valence-corrected chi connectivity index (χ2v) is 6.97. The van der Waals surface area contributed by atoms with E-state index in [-0.39, 0.29) is 16.7 Å². The van der Waals surface area contributed by atoms with Crippen LogP contribution < -0.4 is 0 Å². The van der Waals surface area contributed by atoms with E-state index in [9.17, 15) is 9.90 Å². The Labute approximate surface area is 110 Å². The second kappa shape index (κ2) is 4.40. The molecule has 1 N–H and O–H groups in total. The van der Waals surface area contributed by atoms with Gasteiger partial charge in [-0.3, -0.25) is 4.79 Å². The Bertz CT molecular complexity index is 381. The van der Waals surface area contributed by atoms with Crippen LogP contribution in [0, 0.1) is 22.7 Å². The van der Waals surface area contributed by atoms with Gasteiger partial charge in [0.1, 0.15) is 0 Å². The van der Waals surface area contributed by atoms with E-state index in [1.807, 2.05) is 0 Å². The molecule has 0 aromatic rings. The number of allylic oxidation sites excluding steroid dienone is 2. The quantitative estimate of drug-likeness (QED) is 0.743. The molecule has 1 fully saturated rings. The van der Waals surface area contributed by atoms with Crippen molar-refractivity contribution in [2.75, 3.05) is 0 Å². The molecule has 0 amide bonds. The lowest BCUT2D eigenvalue weighted by Crippen LogP contribution is -2.46. The molecule has 0 bridgehead atoms. The normalized spacial score (nSPS) is 38.8. The van der Waals surface area contributed by atoms with Gasteiger partial charge in [-0.1, -0.05) is 45.8 Å². The van der Waals surface area contributed by atoms with Crippen molar-refractivity contribution in [3.8, 4) is 0 Å². The molecule has 1 saturated carbocycles. The maximum absolute atomic E-state index is 11.5. The van der Waals surface area contributed by atoms with E-state index in [0.29, 0.717) is 5.92 Å². The molecule has 18 heavy (non-hydrogen) atoms. The minimum absolute atomic E-state index is 0.0619. The Balaban J connectivity index is 2.44. The first-order valence-corrected chi connectivity index (χ1v) is 7.26. The fourth-order valence-corrected chi connectivity index (χ4v) is 4.26. The first-order valence-electron chi connectivity index (χ1n) is 7.26. The summed E-state index contributed by atoms with van der Waals surface area (Å²) in [5, 5.41) is 9.50. The molecule has 2 nitrogen and oxygen atoms in total. The fraction of sp³-hybridized carbons (Fsp3) is 0.812. The van der Waals surface area contributed by atoms with Crippen LogP contribution in [0.4, 0.5) is 0 Å². The van der Waals surface area contributed by atoms with Gasteiger partial charge in [-0.15, -0.1) is 0 Å². The van der Waals surface area contributed by atoms with E-state index in [2.05, 4.69) is 33.8 Å². The number of carboxylic acid groups (broad SMARTS) is 1. The third-order valence-electron chi connectivity index (χ3n) is 5.68. The van der Waals surface area contributed by atoms with Gasteiger partial charge in [0.05, 0.1) is 5.92 Å². The molecule has 0 aromatic carbocycles. The minimum atomic E-state index is -0.613. The molecule has 2 heteroatoms. The average Bonchev–Trinajstić information content (AvgIpc) is 2.29. The number of carbonyl (C=O) groups is 1.